The van der Waals surface area contributed by atoms with Crippen LogP contribution in [0.5, 0.6) is 0 Å². The Labute approximate surface area is 85.5 Å². The third-order valence-corrected chi connectivity index (χ3v) is 2.28. The molecule has 0 aliphatic heterocycles. The van der Waals surface area contributed by atoms with Crippen molar-refractivity contribution in [1.29, 1.82) is 0 Å². The van der Waals surface area contributed by atoms with E-state index in [-0.39, 0.29) is 11.3 Å². The third-order valence-electron chi connectivity index (χ3n) is 2.28. The predicted octanol–water partition coefficient (Wildman–Crippen LogP) is 1.70. The molecule has 1 rings (SSSR count). The summed E-state index contributed by atoms with van der Waals surface area (Å²) in [6.07, 6.45) is 4.83. The molecule has 0 atom stereocenters. The van der Waals surface area contributed by atoms with E-state index < -0.39 is 0 Å². The zero-order chi connectivity index (χ0) is 10.6. The molecular formula is C11H19NO2. The fourth-order valence-corrected chi connectivity index (χ4v) is 1.54. The Morgan fingerprint density at radius 2 is 2.14 bits per heavy atom. The van der Waals surface area contributed by atoms with Gasteiger partial charge in [-0.15, -0.1) is 0 Å². The molecule has 0 saturated heterocycles. The Bertz CT molecular complexity index is 227. The van der Waals surface area contributed by atoms with E-state index in [0.29, 0.717) is 19.3 Å². The number of hydrogen-bond acceptors (Lipinski definition) is 2. The highest BCUT2D eigenvalue weighted by atomic mass is 16.5. The molecule has 0 unspecified atom stereocenters. The number of hydrogen-bond donors (Lipinski definition) is 1. The maximum Gasteiger partial charge on any atom is 0.235 e. The minimum atomic E-state index is -0.300. The lowest BCUT2D eigenvalue weighted by Gasteiger charge is -2.17. The van der Waals surface area contributed by atoms with Crippen LogP contribution in [0.4, 0.5) is 0 Å². The van der Waals surface area contributed by atoms with Gasteiger partial charge in [0, 0.05) is 6.61 Å². The van der Waals surface area contributed by atoms with Crippen molar-refractivity contribution in [2.24, 2.45) is 11.3 Å². The van der Waals surface area contributed by atoms with Crippen molar-refractivity contribution >= 4 is 5.91 Å². The van der Waals surface area contributed by atoms with E-state index >= 15 is 0 Å². The molecule has 3 nitrogen and oxygen atoms in total. The Morgan fingerprint density at radius 3 is 2.57 bits per heavy atom. The van der Waals surface area contributed by atoms with Gasteiger partial charge in [0.05, 0.1) is 5.41 Å². The normalized spacial score (nSPS) is 17.1. The van der Waals surface area contributed by atoms with Crippen molar-refractivity contribution in [3.63, 3.8) is 0 Å². The smallest absolute Gasteiger partial charge is 0.235 e. The topological polar surface area (TPSA) is 38.3 Å². The first kappa shape index (κ1) is 11.2. The molecule has 0 saturated carbocycles. The van der Waals surface area contributed by atoms with Gasteiger partial charge >= 0.3 is 0 Å². The first-order chi connectivity index (χ1) is 6.60. The van der Waals surface area contributed by atoms with Crippen molar-refractivity contribution in [2.75, 3.05) is 13.3 Å². The van der Waals surface area contributed by atoms with Gasteiger partial charge in [-0.2, -0.15) is 0 Å². The lowest BCUT2D eigenvalue weighted by Crippen LogP contribution is -2.35. The standard InChI is InChI=1S/C11H19NO2/c1-4-14-8-12-10(13)11(5-6-11)7-9(2)3/h5-6,9H,4,7-8H2,1-3H3,(H,12,13). The summed E-state index contributed by atoms with van der Waals surface area (Å²) in [6, 6.07) is 0. The molecule has 1 N–H and O–H groups in total. The van der Waals surface area contributed by atoms with Crippen molar-refractivity contribution in [3.05, 3.63) is 12.2 Å². The number of amides is 1. The van der Waals surface area contributed by atoms with E-state index in [0.717, 1.165) is 6.42 Å². The summed E-state index contributed by atoms with van der Waals surface area (Å²) in [4.78, 5) is 11.7. The number of carbonyl (C=O) groups excluding carboxylic acids is 1. The Kier molecular flexibility index (Phi) is 3.69. The molecule has 1 aliphatic carbocycles. The summed E-state index contributed by atoms with van der Waals surface area (Å²) < 4.78 is 5.07. The minimum Gasteiger partial charge on any atom is -0.362 e. The summed E-state index contributed by atoms with van der Waals surface area (Å²) >= 11 is 0. The molecule has 0 spiro atoms. The first-order valence-corrected chi connectivity index (χ1v) is 5.17. The van der Waals surface area contributed by atoms with Gasteiger partial charge in [-0.05, 0) is 19.3 Å². The quantitative estimate of drug-likeness (QED) is 0.400. The molecule has 3 heteroatoms. The fraction of sp³-hybridized carbons (Fsp3) is 0.727. The summed E-state index contributed by atoms with van der Waals surface area (Å²) in [6.45, 7) is 7.10. The highest BCUT2D eigenvalue weighted by Crippen LogP contribution is 2.41. The van der Waals surface area contributed by atoms with Gasteiger partial charge in [0.1, 0.15) is 6.73 Å². The van der Waals surface area contributed by atoms with Gasteiger partial charge in [-0.25, -0.2) is 0 Å². The van der Waals surface area contributed by atoms with Crippen molar-refractivity contribution in [2.45, 2.75) is 27.2 Å². The van der Waals surface area contributed by atoms with Gasteiger partial charge in [-0.3, -0.25) is 4.79 Å². The van der Waals surface area contributed by atoms with E-state index in [2.05, 4.69) is 19.2 Å². The van der Waals surface area contributed by atoms with Crippen LogP contribution >= 0.6 is 0 Å². The number of ether oxygens (including phenoxy) is 1. The van der Waals surface area contributed by atoms with Crippen LogP contribution in [0.1, 0.15) is 27.2 Å². The van der Waals surface area contributed by atoms with Crippen LogP contribution in [-0.4, -0.2) is 19.2 Å². The lowest BCUT2D eigenvalue weighted by molar-refractivity contribution is -0.127. The van der Waals surface area contributed by atoms with Crippen LogP contribution in [0.2, 0.25) is 0 Å². The van der Waals surface area contributed by atoms with Gasteiger partial charge in [0.2, 0.25) is 5.91 Å². The van der Waals surface area contributed by atoms with Gasteiger partial charge in [0.15, 0.2) is 0 Å². The molecule has 0 aromatic heterocycles. The Morgan fingerprint density at radius 1 is 1.50 bits per heavy atom. The second kappa shape index (κ2) is 4.60. The van der Waals surface area contributed by atoms with E-state index in [9.17, 15) is 4.79 Å². The van der Waals surface area contributed by atoms with Crippen LogP contribution in [-0.2, 0) is 9.53 Å². The zero-order valence-electron chi connectivity index (χ0n) is 9.17. The van der Waals surface area contributed by atoms with Crippen molar-refractivity contribution in [1.82, 2.24) is 5.32 Å². The average molecular weight is 197 g/mol. The molecule has 0 bridgehead atoms. The largest absolute Gasteiger partial charge is 0.362 e. The third kappa shape index (κ3) is 2.84. The second-order valence-electron chi connectivity index (χ2n) is 4.11. The van der Waals surface area contributed by atoms with Gasteiger partial charge in [-0.1, -0.05) is 26.0 Å². The van der Waals surface area contributed by atoms with Crippen LogP contribution in [0.3, 0.4) is 0 Å². The first-order valence-electron chi connectivity index (χ1n) is 5.17. The summed E-state index contributed by atoms with van der Waals surface area (Å²) in [5.41, 5.74) is -0.300. The minimum absolute atomic E-state index is 0.0691. The Balaban J connectivity index is 2.29. The Hall–Kier alpha value is -0.830. The lowest BCUT2D eigenvalue weighted by atomic mass is 9.91. The number of rotatable bonds is 6. The average Bonchev–Trinajstić information content (AvgIpc) is 2.85. The van der Waals surface area contributed by atoms with Gasteiger partial charge < -0.3 is 10.1 Å². The summed E-state index contributed by atoms with van der Waals surface area (Å²) in [5.74, 6) is 0.600. The van der Waals surface area contributed by atoms with Crippen LogP contribution < -0.4 is 5.32 Å². The van der Waals surface area contributed by atoms with E-state index in [1.807, 2.05) is 19.1 Å². The highest BCUT2D eigenvalue weighted by Gasteiger charge is 2.42. The monoisotopic (exact) mass is 197 g/mol. The number of nitrogens with one attached hydrogen (secondary N) is 1. The molecule has 1 aliphatic rings. The SMILES string of the molecule is CCOCNC(=O)C1(CC(C)C)C=C1. The van der Waals surface area contributed by atoms with Crippen molar-refractivity contribution in [3.8, 4) is 0 Å². The summed E-state index contributed by atoms with van der Waals surface area (Å²) in [7, 11) is 0. The van der Waals surface area contributed by atoms with E-state index in [1.54, 1.807) is 0 Å². The second-order valence-corrected chi connectivity index (χ2v) is 4.11. The van der Waals surface area contributed by atoms with Crippen LogP contribution in [0, 0.1) is 11.3 Å². The van der Waals surface area contributed by atoms with Crippen LogP contribution in [0.15, 0.2) is 12.2 Å². The molecule has 0 aromatic carbocycles. The van der Waals surface area contributed by atoms with Crippen molar-refractivity contribution < 1.29 is 9.53 Å². The zero-order valence-corrected chi connectivity index (χ0v) is 9.17. The fourth-order valence-electron chi connectivity index (χ4n) is 1.54. The maximum absolute atomic E-state index is 11.7. The number of carbonyl (C=O) groups is 1. The van der Waals surface area contributed by atoms with E-state index in [1.165, 1.54) is 0 Å². The molecule has 0 fully saturated rings. The summed E-state index contributed by atoms with van der Waals surface area (Å²) in [5, 5.41) is 2.77. The molecule has 0 radical (unpaired) electrons. The van der Waals surface area contributed by atoms with Crippen LogP contribution in [0.25, 0.3) is 0 Å². The molecule has 0 aromatic rings. The molecule has 0 heterocycles. The van der Waals surface area contributed by atoms with Gasteiger partial charge in [0.25, 0.3) is 0 Å². The van der Waals surface area contributed by atoms with E-state index in [4.69, 9.17) is 4.74 Å². The molecule has 14 heavy (non-hydrogen) atoms. The molecule has 80 valence electrons. The molecular weight excluding hydrogens is 178 g/mol. The predicted molar refractivity (Wildman–Crippen MR) is 55.7 cm³/mol. The molecule has 1 amide bonds. The maximum atomic E-state index is 11.7. The highest BCUT2D eigenvalue weighted by molar-refractivity contribution is 5.90.